The zero-order valence-electron chi connectivity index (χ0n) is 17.1. The van der Waals surface area contributed by atoms with E-state index in [4.69, 9.17) is 0 Å². The first kappa shape index (κ1) is 21.0. The topological polar surface area (TPSA) is 86.8 Å². The molecule has 1 fully saturated rings. The lowest BCUT2D eigenvalue weighted by Crippen LogP contribution is -2.50. The number of carbonyl (C=O) groups excluding carboxylic acids is 2. The molecule has 7 nitrogen and oxygen atoms in total. The molecule has 0 spiro atoms. The Morgan fingerprint density at radius 3 is 2.16 bits per heavy atom. The zero-order chi connectivity index (χ0) is 22.0. The predicted molar refractivity (Wildman–Crippen MR) is 119 cm³/mol. The van der Waals surface area contributed by atoms with Crippen molar-refractivity contribution in [1.29, 1.82) is 0 Å². The minimum atomic E-state index is -3.67. The summed E-state index contributed by atoms with van der Waals surface area (Å²) in [6.07, 6.45) is 0. The third-order valence-corrected chi connectivity index (χ3v) is 7.27. The minimum Gasteiger partial charge on any atom is -0.336 e. The number of nitrogens with zero attached hydrogens (tertiary/aromatic N) is 2. The summed E-state index contributed by atoms with van der Waals surface area (Å²) >= 11 is 0. The molecule has 0 atom stereocenters. The summed E-state index contributed by atoms with van der Waals surface area (Å²) in [5.74, 6) is -0.309. The first-order valence-electron chi connectivity index (χ1n) is 10.0. The summed E-state index contributed by atoms with van der Waals surface area (Å²) in [6.45, 7) is 2.50. The molecule has 1 aliphatic heterocycles. The van der Waals surface area contributed by atoms with Crippen LogP contribution in [0.5, 0.6) is 0 Å². The van der Waals surface area contributed by atoms with Crippen LogP contribution in [0.1, 0.15) is 17.3 Å². The minimum absolute atomic E-state index is 0.0893. The van der Waals surface area contributed by atoms with Gasteiger partial charge in [-0.2, -0.15) is 4.31 Å². The van der Waals surface area contributed by atoms with Crippen LogP contribution in [-0.4, -0.2) is 55.6 Å². The van der Waals surface area contributed by atoms with E-state index in [1.54, 1.807) is 17.0 Å². The Balaban J connectivity index is 1.46. The molecule has 1 heterocycles. The highest BCUT2D eigenvalue weighted by Crippen LogP contribution is 2.23. The molecular weight excluding hydrogens is 414 g/mol. The average molecular weight is 438 g/mol. The maximum Gasteiger partial charge on any atom is 0.254 e. The number of nitrogens with one attached hydrogen (secondary N) is 1. The summed E-state index contributed by atoms with van der Waals surface area (Å²) in [5, 5.41) is 4.51. The number of carbonyl (C=O) groups is 2. The smallest absolute Gasteiger partial charge is 0.254 e. The predicted octanol–water partition coefficient (Wildman–Crippen LogP) is 2.94. The fourth-order valence-corrected chi connectivity index (χ4v) is 5.20. The summed E-state index contributed by atoms with van der Waals surface area (Å²) in [4.78, 5) is 26.1. The van der Waals surface area contributed by atoms with Crippen LogP contribution in [0.15, 0.2) is 71.6 Å². The van der Waals surface area contributed by atoms with E-state index in [0.717, 1.165) is 10.8 Å². The van der Waals surface area contributed by atoms with Crippen molar-refractivity contribution in [2.45, 2.75) is 11.8 Å². The van der Waals surface area contributed by atoms with Gasteiger partial charge < -0.3 is 10.2 Å². The Bertz CT molecular complexity index is 1230. The molecule has 0 bridgehead atoms. The molecule has 0 saturated carbocycles. The first-order valence-corrected chi connectivity index (χ1v) is 11.4. The van der Waals surface area contributed by atoms with Crippen molar-refractivity contribution >= 4 is 38.3 Å². The van der Waals surface area contributed by atoms with E-state index < -0.39 is 10.0 Å². The number of fused-ring (bicyclic) bond motifs is 1. The van der Waals surface area contributed by atoms with E-state index in [-0.39, 0.29) is 29.8 Å². The Morgan fingerprint density at radius 2 is 1.48 bits per heavy atom. The van der Waals surface area contributed by atoms with Gasteiger partial charge in [0, 0.05) is 44.4 Å². The van der Waals surface area contributed by atoms with Gasteiger partial charge in [0.15, 0.2) is 0 Å². The molecule has 8 heteroatoms. The van der Waals surface area contributed by atoms with Crippen LogP contribution in [0.4, 0.5) is 5.69 Å². The molecule has 0 aromatic heterocycles. The van der Waals surface area contributed by atoms with E-state index in [1.807, 2.05) is 42.5 Å². The fraction of sp³-hybridized carbons (Fsp3) is 0.217. The van der Waals surface area contributed by atoms with Crippen LogP contribution in [0.25, 0.3) is 10.8 Å². The van der Waals surface area contributed by atoms with Gasteiger partial charge >= 0.3 is 0 Å². The van der Waals surface area contributed by atoms with Crippen LogP contribution in [0.2, 0.25) is 0 Å². The van der Waals surface area contributed by atoms with Gasteiger partial charge in [-0.3, -0.25) is 9.59 Å². The van der Waals surface area contributed by atoms with Crippen LogP contribution in [0, 0.1) is 0 Å². The number of hydrogen-bond donors (Lipinski definition) is 1. The Kier molecular flexibility index (Phi) is 5.75. The molecular formula is C23H23N3O4S. The van der Waals surface area contributed by atoms with E-state index >= 15 is 0 Å². The van der Waals surface area contributed by atoms with Crippen LogP contribution in [-0.2, 0) is 14.8 Å². The second-order valence-corrected chi connectivity index (χ2v) is 9.37. The molecule has 1 saturated heterocycles. The molecule has 1 N–H and O–H groups in total. The quantitative estimate of drug-likeness (QED) is 0.680. The second-order valence-electron chi connectivity index (χ2n) is 7.43. The molecule has 1 aliphatic rings. The lowest BCUT2D eigenvalue weighted by Gasteiger charge is -2.34. The highest BCUT2D eigenvalue weighted by molar-refractivity contribution is 7.89. The van der Waals surface area contributed by atoms with Crippen molar-refractivity contribution in [2.75, 3.05) is 31.5 Å². The summed E-state index contributed by atoms with van der Waals surface area (Å²) in [7, 11) is -3.67. The van der Waals surface area contributed by atoms with Crippen molar-refractivity contribution in [3.63, 3.8) is 0 Å². The number of piperazine rings is 1. The molecule has 3 aromatic rings. The van der Waals surface area contributed by atoms with Gasteiger partial charge in [-0.05, 0) is 41.1 Å². The van der Waals surface area contributed by atoms with Gasteiger partial charge in [-0.15, -0.1) is 0 Å². The standard InChI is InChI=1S/C23H23N3O4S/c1-17(27)24-19-9-11-20(12-10-19)31(29,30)26-15-13-25(14-16-26)23(28)22-8-4-6-18-5-2-3-7-21(18)22/h2-12H,13-16H2,1H3,(H,24,27). The first-order chi connectivity index (χ1) is 14.9. The number of rotatable bonds is 4. The van der Waals surface area contributed by atoms with Crippen LogP contribution in [0.3, 0.4) is 0 Å². The van der Waals surface area contributed by atoms with Gasteiger partial charge in [-0.1, -0.05) is 36.4 Å². The lowest BCUT2D eigenvalue weighted by atomic mass is 10.0. The van der Waals surface area contributed by atoms with E-state index in [2.05, 4.69) is 5.32 Å². The SMILES string of the molecule is CC(=O)Nc1ccc(S(=O)(=O)N2CCN(C(=O)c3cccc4ccccc34)CC2)cc1. The van der Waals surface area contributed by atoms with E-state index in [9.17, 15) is 18.0 Å². The van der Waals surface area contributed by atoms with Crippen molar-refractivity contribution in [3.8, 4) is 0 Å². The third-order valence-electron chi connectivity index (χ3n) is 5.36. The number of hydrogen-bond acceptors (Lipinski definition) is 4. The summed E-state index contributed by atoms with van der Waals surface area (Å²) in [5.41, 5.74) is 1.17. The maximum atomic E-state index is 13.1. The highest BCUT2D eigenvalue weighted by atomic mass is 32.2. The number of benzene rings is 3. The molecule has 3 aromatic carbocycles. The van der Waals surface area contributed by atoms with Crippen molar-refractivity contribution in [2.24, 2.45) is 0 Å². The molecule has 0 aliphatic carbocycles. The highest BCUT2D eigenvalue weighted by Gasteiger charge is 2.30. The molecule has 160 valence electrons. The summed E-state index contributed by atoms with van der Waals surface area (Å²) < 4.78 is 27.4. The van der Waals surface area contributed by atoms with Gasteiger partial charge in [0.2, 0.25) is 15.9 Å². The van der Waals surface area contributed by atoms with Gasteiger partial charge in [0.05, 0.1) is 4.90 Å². The average Bonchev–Trinajstić information content (AvgIpc) is 2.78. The Labute approximate surface area is 181 Å². The number of sulfonamides is 1. The van der Waals surface area contributed by atoms with Gasteiger partial charge in [0.25, 0.3) is 5.91 Å². The zero-order valence-corrected chi connectivity index (χ0v) is 17.9. The lowest BCUT2D eigenvalue weighted by molar-refractivity contribution is -0.114. The monoisotopic (exact) mass is 437 g/mol. The van der Waals surface area contributed by atoms with Crippen molar-refractivity contribution in [3.05, 3.63) is 72.3 Å². The number of anilines is 1. The largest absolute Gasteiger partial charge is 0.336 e. The number of amides is 2. The normalized spacial score (nSPS) is 15.1. The Hall–Kier alpha value is -3.23. The second kappa shape index (κ2) is 8.49. The molecule has 0 radical (unpaired) electrons. The molecule has 2 amide bonds. The third kappa shape index (κ3) is 4.30. The fourth-order valence-electron chi connectivity index (χ4n) is 3.78. The Morgan fingerprint density at radius 1 is 0.839 bits per heavy atom. The van der Waals surface area contributed by atoms with Crippen LogP contribution < -0.4 is 5.32 Å². The molecule has 31 heavy (non-hydrogen) atoms. The molecule has 0 unspecified atom stereocenters. The van der Waals surface area contributed by atoms with Crippen molar-refractivity contribution < 1.29 is 18.0 Å². The van der Waals surface area contributed by atoms with Gasteiger partial charge in [0.1, 0.15) is 0 Å². The van der Waals surface area contributed by atoms with Crippen molar-refractivity contribution in [1.82, 2.24) is 9.21 Å². The molecule has 4 rings (SSSR count). The van der Waals surface area contributed by atoms with Gasteiger partial charge in [-0.25, -0.2) is 8.42 Å². The van der Waals surface area contributed by atoms with Crippen LogP contribution >= 0.6 is 0 Å². The van der Waals surface area contributed by atoms with E-state index in [1.165, 1.54) is 23.4 Å². The van der Waals surface area contributed by atoms with E-state index in [0.29, 0.717) is 24.3 Å². The maximum absolute atomic E-state index is 13.1. The summed E-state index contributed by atoms with van der Waals surface area (Å²) in [6, 6.07) is 19.5.